The average molecular weight is 282 g/mol. The molecule has 0 aromatic carbocycles. The van der Waals surface area contributed by atoms with Gasteiger partial charge in [0.1, 0.15) is 0 Å². The molecule has 19 heavy (non-hydrogen) atoms. The molecule has 3 heteroatoms. The molecule has 0 spiro atoms. The van der Waals surface area contributed by atoms with Crippen LogP contribution in [-0.4, -0.2) is 59.6 Å². The molecule has 3 fully saturated rings. The van der Waals surface area contributed by atoms with Crippen molar-refractivity contribution in [3.8, 4) is 0 Å². The van der Waals surface area contributed by atoms with E-state index in [2.05, 4.69) is 35.4 Å². The van der Waals surface area contributed by atoms with Gasteiger partial charge in [-0.1, -0.05) is 13.8 Å². The van der Waals surface area contributed by atoms with E-state index in [-0.39, 0.29) is 0 Å². The predicted octanol–water partition coefficient (Wildman–Crippen LogP) is 2.93. The van der Waals surface area contributed by atoms with E-state index in [9.17, 15) is 0 Å². The first-order valence-corrected chi connectivity index (χ1v) is 9.45. The Morgan fingerprint density at radius 1 is 1.11 bits per heavy atom. The smallest absolute Gasteiger partial charge is 0.0247 e. The lowest BCUT2D eigenvalue weighted by atomic mass is 9.94. The molecule has 0 saturated carbocycles. The number of nitrogens with zero attached hydrogens (tertiary/aromatic N) is 2. The van der Waals surface area contributed by atoms with E-state index in [1.54, 1.807) is 0 Å². The van der Waals surface area contributed by atoms with Crippen molar-refractivity contribution in [2.45, 2.75) is 51.6 Å². The van der Waals surface area contributed by atoms with E-state index in [1.807, 2.05) is 0 Å². The Morgan fingerprint density at radius 2 is 1.89 bits per heavy atom. The van der Waals surface area contributed by atoms with Crippen LogP contribution in [-0.2, 0) is 0 Å². The molecule has 0 aromatic rings. The fourth-order valence-electron chi connectivity index (χ4n) is 4.21. The lowest BCUT2D eigenvalue weighted by molar-refractivity contribution is 0.0184. The van der Waals surface area contributed by atoms with Crippen molar-refractivity contribution in [3.63, 3.8) is 0 Å². The van der Waals surface area contributed by atoms with Gasteiger partial charge in [-0.15, -0.1) is 0 Å². The van der Waals surface area contributed by atoms with Gasteiger partial charge in [0.05, 0.1) is 0 Å². The van der Waals surface area contributed by atoms with Gasteiger partial charge in [-0.05, 0) is 55.6 Å². The van der Waals surface area contributed by atoms with Crippen LogP contribution < -0.4 is 0 Å². The van der Waals surface area contributed by atoms with Crippen molar-refractivity contribution in [1.29, 1.82) is 0 Å². The summed E-state index contributed by atoms with van der Waals surface area (Å²) in [4.78, 5) is 5.65. The van der Waals surface area contributed by atoms with Crippen LogP contribution >= 0.6 is 11.8 Å². The molecule has 0 bridgehead atoms. The molecule has 0 aliphatic carbocycles. The summed E-state index contributed by atoms with van der Waals surface area (Å²) in [6.45, 7) is 10.3. The zero-order valence-electron chi connectivity index (χ0n) is 12.7. The molecule has 0 radical (unpaired) electrons. The summed E-state index contributed by atoms with van der Waals surface area (Å²) >= 11 is 2.16. The Labute approximate surface area is 123 Å². The van der Waals surface area contributed by atoms with Gasteiger partial charge in [-0.25, -0.2) is 0 Å². The summed E-state index contributed by atoms with van der Waals surface area (Å²) in [5.41, 5.74) is 0. The third-order valence-corrected chi connectivity index (χ3v) is 6.49. The topological polar surface area (TPSA) is 6.48 Å². The summed E-state index contributed by atoms with van der Waals surface area (Å²) < 4.78 is 0. The minimum Gasteiger partial charge on any atom is -0.298 e. The monoisotopic (exact) mass is 282 g/mol. The summed E-state index contributed by atoms with van der Waals surface area (Å²) in [7, 11) is 0. The van der Waals surface area contributed by atoms with Crippen molar-refractivity contribution in [2.24, 2.45) is 11.8 Å². The summed E-state index contributed by atoms with van der Waals surface area (Å²) in [5, 5.41) is 0. The molecule has 0 aromatic heterocycles. The molecule has 0 N–H and O–H groups in total. The molecule has 2 nitrogen and oxygen atoms in total. The van der Waals surface area contributed by atoms with Crippen LogP contribution in [0.15, 0.2) is 0 Å². The molecule has 3 heterocycles. The molecule has 110 valence electrons. The van der Waals surface area contributed by atoms with Crippen molar-refractivity contribution in [1.82, 2.24) is 9.80 Å². The highest BCUT2D eigenvalue weighted by molar-refractivity contribution is 7.99. The highest BCUT2D eigenvalue weighted by Crippen LogP contribution is 2.30. The fourth-order valence-corrected chi connectivity index (χ4v) is 5.41. The molecule has 3 rings (SSSR count). The maximum Gasteiger partial charge on any atom is 0.0247 e. The van der Waals surface area contributed by atoms with Crippen LogP contribution in [0.5, 0.6) is 0 Å². The lowest BCUT2D eigenvalue weighted by Gasteiger charge is -2.47. The number of piperazine rings is 1. The Bertz CT molecular complexity index is 288. The molecule has 0 amide bonds. The molecule has 3 saturated heterocycles. The summed E-state index contributed by atoms with van der Waals surface area (Å²) in [6, 6.07) is 1.69. The Balaban J connectivity index is 1.62. The fraction of sp³-hybridized carbons (Fsp3) is 1.00. The van der Waals surface area contributed by atoms with E-state index >= 15 is 0 Å². The van der Waals surface area contributed by atoms with E-state index in [1.165, 1.54) is 63.4 Å². The van der Waals surface area contributed by atoms with Gasteiger partial charge < -0.3 is 0 Å². The van der Waals surface area contributed by atoms with Crippen LogP contribution in [0.25, 0.3) is 0 Å². The third-order valence-electron chi connectivity index (χ3n) is 5.44. The first-order valence-electron chi connectivity index (χ1n) is 8.30. The second kappa shape index (κ2) is 6.36. The number of hydrogen-bond acceptors (Lipinski definition) is 3. The predicted molar refractivity (Wildman–Crippen MR) is 84.8 cm³/mol. The van der Waals surface area contributed by atoms with Gasteiger partial charge in [0.2, 0.25) is 0 Å². The summed E-state index contributed by atoms with van der Waals surface area (Å²) in [5.74, 6) is 4.59. The van der Waals surface area contributed by atoms with Gasteiger partial charge in [0, 0.05) is 31.7 Å². The van der Waals surface area contributed by atoms with E-state index in [0.717, 1.165) is 23.9 Å². The third kappa shape index (κ3) is 3.30. The van der Waals surface area contributed by atoms with E-state index in [0.29, 0.717) is 0 Å². The maximum atomic E-state index is 2.87. The second-order valence-electron chi connectivity index (χ2n) is 7.11. The molecule has 2 unspecified atom stereocenters. The van der Waals surface area contributed by atoms with Crippen LogP contribution in [0.1, 0.15) is 39.5 Å². The average Bonchev–Trinajstić information content (AvgIpc) is 2.86. The molecule has 3 aliphatic rings. The Morgan fingerprint density at radius 3 is 2.63 bits per heavy atom. The van der Waals surface area contributed by atoms with Gasteiger partial charge in [0.15, 0.2) is 0 Å². The van der Waals surface area contributed by atoms with Gasteiger partial charge >= 0.3 is 0 Å². The quantitative estimate of drug-likeness (QED) is 0.786. The SMILES string of the molecule is CC(C)C1CN2CCCC2CN1CC1CCSCC1. The van der Waals surface area contributed by atoms with Gasteiger partial charge in [-0.3, -0.25) is 9.80 Å². The van der Waals surface area contributed by atoms with Crippen LogP contribution in [0.2, 0.25) is 0 Å². The standard InChI is InChI=1S/C16H30N2S/c1-13(2)16-12-17-7-3-4-15(17)11-18(16)10-14-5-8-19-9-6-14/h13-16H,3-12H2,1-2H3. The van der Waals surface area contributed by atoms with Crippen LogP contribution in [0, 0.1) is 11.8 Å². The van der Waals surface area contributed by atoms with Crippen molar-refractivity contribution < 1.29 is 0 Å². The molecule has 2 atom stereocenters. The molecule has 3 aliphatic heterocycles. The maximum absolute atomic E-state index is 2.87. The largest absolute Gasteiger partial charge is 0.298 e. The lowest BCUT2D eigenvalue weighted by Crippen LogP contribution is -2.58. The van der Waals surface area contributed by atoms with Crippen LogP contribution in [0.3, 0.4) is 0 Å². The number of hydrogen-bond donors (Lipinski definition) is 0. The zero-order chi connectivity index (χ0) is 13.2. The number of thioether (sulfide) groups is 1. The zero-order valence-corrected chi connectivity index (χ0v) is 13.5. The van der Waals surface area contributed by atoms with Crippen LogP contribution in [0.4, 0.5) is 0 Å². The minimum absolute atomic E-state index is 0.805. The Hall–Kier alpha value is 0.270. The van der Waals surface area contributed by atoms with E-state index in [4.69, 9.17) is 0 Å². The first-order chi connectivity index (χ1) is 9.24. The number of rotatable bonds is 3. The highest BCUT2D eigenvalue weighted by Gasteiger charge is 2.38. The Kier molecular flexibility index (Phi) is 4.76. The van der Waals surface area contributed by atoms with Gasteiger partial charge in [0.25, 0.3) is 0 Å². The number of fused-ring (bicyclic) bond motifs is 1. The normalized spacial score (nSPS) is 34.9. The van der Waals surface area contributed by atoms with Crippen molar-refractivity contribution in [3.05, 3.63) is 0 Å². The minimum atomic E-state index is 0.805. The first kappa shape index (κ1) is 14.2. The van der Waals surface area contributed by atoms with E-state index < -0.39 is 0 Å². The van der Waals surface area contributed by atoms with Crippen molar-refractivity contribution >= 4 is 11.8 Å². The molecular formula is C16H30N2S. The van der Waals surface area contributed by atoms with Gasteiger partial charge in [-0.2, -0.15) is 11.8 Å². The second-order valence-corrected chi connectivity index (χ2v) is 8.34. The highest BCUT2D eigenvalue weighted by atomic mass is 32.2. The summed E-state index contributed by atoms with van der Waals surface area (Å²) in [6.07, 6.45) is 5.80. The molecular weight excluding hydrogens is 252 g/mol. The van der Waals surface area contributed by atoms with Crippen molar-refractivity contribution in [2.75, 3.05) is 37.7 Å².